The predicted octanol–water partition coefficient (Wildman–Crippen LogP) is 7.20. The number of ether oxygens (including phenoxy) is 2. The summed E-state index contributed by atoms with van der Waals surface area (Å²) in [5.41, 5.74) is 10.2. The molecule has 3 heterocycles. The fourth-order valence-electron chi connectivity index (χ4n) is 5.20. The topological polar surface area (TPSA) is 26.1 Å². The molecule has 0 aliphatic rings. The molecule has 0 amide bonds. The van der Waals surface area contributed by atoms with Gasteiger partial charge in [0.25, 0.3) is 0 Å². The van der Waals surface area contributed by atoms with Crippen LogP contribution in [0.5, 0.6) is 5.75 Å². The number of rotatable bonds is 12. The predicted molar refractivity (Wildman–Crippen MR) is 149 cm³/mol. The van der Waals surface area contributed by atoms with E-state index in [1.807, 2.05) is 18.2 Å². The summed E-state index contributed by atoms with van der Waals surface area (Å²) in [7, 11) is 0. The summed E-state index contributed by atoms with van der Waals surface area (Å²) in [4.78, 5) is 2.39. The maximum Gasteiger partial charge on any atom is 0.119 e. The molecule has 0 N–H and O–H groups in total. The molecule has 0 aliphatic carbocycles. The van der Waals surface area contributed by atoms with E-state index in [0.717, 1.165) is 38.4 Å². The molecular formula is C32H36N2O2. The Morgan fingerprint density at radius 2 is 1.50 bits per heavy atom. The Morgan fingerprint density at radius 1 is 0.750 bits per heavy atom. The third-order valence-corrected chi connectivity index (χ3v) is 7.19. The minimum Gasteiger partial charge on any atom is -0.489 e. The highest BCUT2D eigenvalue weighted by atomic mass is 16.5. The largest absolute Gasteiger partial charge is 0.489 e. The monoisotopic (exact) mass is 480 g/mol. The van der Waals surface area contributed by atoms with E-state index in [2.05, 4.69) is 90.7 Å². The maximum absolute atomic E-state index is 6.12. The first-order chi connectivity index (χ1) is 17.7. The molecule has 0 saturated carbocycles. The quantitative estimate of drug-likeness (QED) is 0.177. The van der Waals surface area contributed by atoms with Crippen LogP contribution in [0.3, 0.4) is 0 Å². The van der Waals surface area contributed by atoms with E-state index in [0.29, 0.717) is 13.2 Å². The van der Waals surface area contributed by atoms with Crippen LogP contribution in [0.25, 0.3) is 27.7 Å². The third-order valence-electron chi connectivity index (χ3n) is 7.19. The van der Waals surface area contributed by atoms with Crippen molar-refractivity contribution in [2.24, 2.45) is 0 Å². The number of benzene rings is 2. The first-order valence-electron chi connectivity index (χ1n) is 13.2. The molecule has 5 aromatic rings. The number of aryl methyl sites for hydroxylation is 1. The first-order valence-corrected chi connectivity index (χ1v) is 13.2. The SMILES string of the molecule is CCc1c(-c2ccc(OCc3ccccc3)cc2)c2cc(COCCN(CC)CC)c3cccc1n32. The van der Waals surface area contributed by atoms with E-state index in [1.165, 1.54) is 44.4 Å². The minimum atomic E-state index is 0.575. The summed E-state index contributed by atoms with van der Waals surface area (Å²) in [6.07, 6.45) is 0.984. The Balaban J connectivity index is 1.40. The summed E-state index contributed by atoms with van der Waals surface area (Å²) >= 11 is 0. The highest BCUT2D eigenvalue weighted by Gasteiger charge is 2.20. The number of hydrogen-bond donors (Lipinski definition) is 0. The summed E-state index contributed by atoms with van der Waals surface area (Å²) in [5.74, 6) is 0.888. The number of hydrogen-bond acceptors (Lipinski definition) is 3. The normalized spacial score (nSPS) is 11.8. The second-order valence-electron chi connectivity index (χ2n) is 9.27. The van der Waals surface area contributed by atoms with E-state index < -0.39 is 0 Å². The van der Waals surface area contributed by atoms with Crippen LogP contribution in [0.1, 0.15) is 37.5 Å². The Hall–Kier alpha value is -3.34. The van der Waals surface area contributed by atoms with Crippen molar-refractivity contribution in [3.05, 3.63) is 95.6 Å². The molecule has 0 atom stereocenters. The summed E-state index contributed by atoms with van der Waals surface area (Å²) in [5, 5.41) is 0. The zero-order chi connectivity index (χ0) is 24.9. The highest BCUT2D eigenvalue weighted by molar-refractivity contribution is 5.96. The third kappa shape index (κ3) is 4.84. The van der Waals surface area contributed by atoms with Crippen molar-refractivity contribution in [1.82, 2.24) is 9.30 Å². The molecule has 36 heavy (non-hydrogen) atoms. The standard InChI is InChI=1S/C32H36N2O2/c1-4-28-30-14-10-13-29-26(23-35-20-19-33(5-2)6-3)21-31(34(29)30)32(28)25-15-17-27(18-16-25)36-22-24-11-8-7-9-12-24/h7-18,21H,4-6,19-20,22-23H2,1-3H3. The molecule has 186 valence electrons. The summed E-state index contributed by atoms with van der Waals surface area (Å²) < 4.78 is 14.6. The smallest absolute Gasteiger partial charge is 0.119 e. The molecule has 0 unspecified atom stereocenters. The molecule has 0 bridgehead atoms. The first kappa shape index (κ1) is 24.4. The Kier molecular flexibility index (Phi) is 7.55. The number of nitrogens with zero attached hydrogens (tertiary/aromatic N) is 2. The van der Waals surface area contributed by atoms with E-state index in [1.54, 1.807) is 0 Å². The summed E-state index contributed by atoms with van der Waals surface area (Å²) in [6.45, 7) is 11.7. The van der Waals surface area contributed by atoms with Gasteiger partial charge >= 0.3 is 0 Å². The van der Waals surface area contributed by atoms with Gasteiger partial charge in [-0.25, -0.2) is 0 Å². The van der Waals surface area contributed by atoms with Gasteiger partial charge in [-0.3, -0.25) is 0 Å². The highest BCUT2D eigenvalue weighted by Crippen LogP contribution is 2.39. The molecule has 4 nitrogen and oxygen atoms in total. The van der Waals surface area contributed by atoms with Crippen LogP contribution in [0.15, 0.2) is 78.9 Å². The molecule has 0 spiro atoms. The van der Waals surface area contributed by atoms with Crippen molar-refractivity contribution in [3.8, 4) is 16.9 Å². The number of likely N-dealkylation sites (N-methyl/N-ethyl adjacent to an activating group) is 1. The molecule has 0 saturated heterocycles. The van der Waals surface area contributed by atoms with Gasteiger partial charge in [-0.1, -0.05) is 69.3 Å². The van der Waals surface area contributed by atoms with E-state index in [4.69, 9.17) is 9.47 Å². The molecule has 0 radical (unpaired) electrons. The van der Waals surface area contributed by atoms with Crippen molar-refractivity contribution in [2.75, 3.05) is 26.2 Å². The maximum atomic E-state index is 6.12. The molecule has 5 rings (SSSR count). The lowest BCUT2D eigenvalue weighted by Crippen LogP contribution is -2.26. The van der Waals surface area contributed by atoms with Crippen LogP contribution in [0.2, 0.25) is 0 Å². The van der Waals surface area contributed by atoms with Crippen LogP contribution >= 0.6 is 0 Å². The fraction of sp³-hybridized carbons (Fsp3) is 0.312. The zero-order valence-electron chi connectivity index (χ0n) is 21.7. The van der Waals surface area contributed by atoms with E-state index in [-0.39, 0.29) is 0 Å². The minimum absolute atomic E-state index is 0.575. The van der Waals surface area contributed by atoms with Crippen molar-refractivity contribution >= 4 is 16.6 Å². The lowest BCUT2D eigenvalue weighted by molar-refractivity contribution is 0.0963. The van der Waals surface area contributed by atoms with E-state index >= 15 is 0 Å². The molecule has 2 aromatic carbocycles. The molecule has 0 aliphatic heterocycles. The van der Waals surface area contributed by atoms with Gasteiger partial charge in [0.2, 0.25) is 0 Å². The molecule has 3 aromatic heterocycles. The lowest BCUT2D eigenvalue weighted by atomic mass is 9.99. The van der Waals surface area contributed by atoms with Crippen LogP contribution in [0, 0.1) is 0 Å². The van der Waals surface area contributed by atoms with Crippen LogP contribution in [-0.2, 0) is 24.4 Å². The lowest BCUT2D eigenvalue weighted by Gasteiger charge is -2.17. The van der Waals surface area contributed by atoms with Gasteiger partial charge < -0.3 is 18.8 Å². The van der Waals surface area contributed by atoms with Crippen molar-refractivity contribution in [1.29, 1.82) is 0 Å². The van der Waals surface area contributed by atoms with Gasteiger partial charge in [-0.05, 0) is 66.5 Å². The van der Waals surface area contributed by atoms with Crippen LogP contribution in [-0.4, -0.2) is 35.5 Å². The van der Waals surface area contributed by atoms with E-state index in [9.17, 15) is 0 Å². The van der Waals surface area contributed by atoms with Gasteiger partial charge in [0.1, 0.15) is 12.4 Å². The molecule has 0 fully saturated rings. The fourth-order valence-corrected chi connectivity index (χ4v) is 5.20. The zero-order valence-corrected chi connectivity index (χ0v) is 21.7. The number of pyridine rings is 1. The van der Waals surface area contributed by atoms with Crippen molar-refractivity contribution < 1.29 is 9.47 Å². The second-order valence-corrected chi connectivity index (χ2v) is 9.27. The van der Waals surface area contributed by atoms with Gasteiger partial charge in [-0.15, -0.1) is 0 Å². The van der Waals surface area contributed by atoms with Crippen molar-refractivity contribution in [2.45, 2.75) is 40.4 Å². The van der Waals surface area contributed by atoms with Crippen molar-refractivity contribution in [3.63, 3.8) is 0 Å². The Labute approximate surface area is 214 Å². The Bertz CT molecular complexity index is 1390. The van der Waals surface area contributed by atoms with Gasteiger partial charge in [0.05, 0.1) is 29.8 Å². The molecular weight excluding hydrogens is 444 g/mol. The van der Waals surface area contributed by atoms with Gasteiger partial charge in [-0.2, -0.15) is 0 Å². The van der Waals surface area contributed by atoms with Gasteiger partial charge in [0.15, 0.2) is 0 Å². The van der Waals surface area contributed by atoms with Crippen LogP contribution in [0.4, 0.5) is 0 Å². The average molecular weight is 481 g/mol. The molecule has 4 heteroatoms. The van der Waals surface area contributed by atoms with Gasteiger partial charge in [0, 0.05) is 17.7 Å². The van der Waals surface area contributed by atoms with Crippen LogP contribution < -0.4 is 4.74 Å². The average Bonchev–Trinajstić information content (AvgIpc) is 3.46. The number of aromatic nitrogens is 1. The summed E-state index contributed by atoms with van der Waals surface area (Å²) in [6, 6.07) is 27.8. The second kappa shape index (κ2) is 11.2. The Morgan fingerprint density at radius 3 is 2.22 bits per heavy atom.